The maximum absolute atomic E-state index is 12.2. The molecular weight excluding hydrogens is 234 g/mol. The number of nitrogens with zero attached hydrogens (tertiary/aromatic N) is 1. The van der Waals surface area contributed by atoms with E-state index in [2.05, 4.69) is 0 Å². The second-order valence-electron chi connectivity index (χ2n) is 5.62. The van der Waals surface area contributed by atoms with Crippen LogP contribution < -0.4 is 0 Å². The van der Waals surface area contributed by atoms with Crippen molar-refractivity contribution in [3.8, 4) is 0 Å². The highest BCUT2D eigenvalue weighted by molar-refractivity contribution is 7.89. The molecule has 0 atom stereocenters. The lowest BCUT2D eigenvalue weighted by molar-refractivity contribution is 0.274. The first-order valence-electron chi connectivity index (χ1n) is 7.13. The van der Waals surface area contributed by atoms with Crippen molar-refractivity contribution in [1.82, 2.24) is 4.31 Å². The molecule has 100 valence electrons. The van der Waals surface area contributed by atoms with Gasteiger partial charge >= 0.3 is 0 Å². The van der Waals surface area contributed by atoms with E-state index < -0.39 is 10.0 Å². The Morgan fingerprint density at radius 2 is 1.71 bits per heavy atom. The Bertz CT molecular complexity index is 329. The predicted octanol–water partition coefficient (Wildman–Crippen LogP) is 2.77. The first kappa shape index (κ1) is 13.3. The molecule has 3 nitrogen and oxygen atoms in total. The van der Waals surface area contributed by atoms with Gasteiger partial charge in [0.15, 0.2) is 0 Å². The van der Waals surface area contributed by atoms with E-state index in [1.54, 1.807) is 0 Å². The minimum atomic E-state index is -2.98. The van der Waals surface area contributed by atoms with Gasteiger partial charge in [0.05, 0.1) is 5.75 Å². The summed E-state index contributed by atoms with van der Waals surface area (Å²) in [7, 11) is -2.98. The fourth-order valence-corrected chi connectivity index (χ4v) is 4.71. The van der Waals surface area contributed by atoms with Gasteiger partial charge in [-0.25, -0.2) is 8.42 Å². The van der Waals surface area contributed by atoms with Gasteiger partial charge in [0.25, 0.3) is 0 Å². The minimum Gasteiger partial charge on any atom is -0.212 e. The lowest BCUT2D eigenvalue weighted by atomic mass is 9.89. The van der Waals surface area contributed by atoms with E-state index in [1.165, 1.54) is 32.1 Å². The molecule has 2 fully saturated rings. The summed E-state index contributed by atoms with van der Waals surface area (Å²) in [5.41, 5.74) is 0. The van der Waals surface area contributed by atoms with Crippen LogP contribution in [0.5, 0.6) is 0 Å². The lowest BCUT2D eigenvalue weighted by Gasteiger charge is -2.29. The van der Waals surface area contributed by atoms with Gasteiger partial charge in [0.1, 0.15) is 0 Å². The van der Waals surface area contributed by atoms with Gasteiger partial charge in [-0.15, -0.1) is 0 Å². The van der Waals surface area contributed by atoms with Crippen LogP contribution in [0.15, 0.2) is 0 Å². The first-order valence-corrected chi connectivity index (χ1v) is 8.74. The Balaban J connectivity index is 1.97. The molecule has 0 radical (unpaired) electrons. The van der Waals surface area contributed by atoms with E-state index >= 15 is 0 Å². The fourth-order valence-electron chi connectivity index (χ4n) is 2.85. The molecule has 4 heteroatoms. The number of sulfonamides is 1. The molecule has 0 aromatic carbocycles. The second-order valence-corrected chi connectivity index (χ2v) is 7.66. The highest BCUT2D eigenvalue weighted by Crippen LogP contribution is 2.33. The quantitative estimate of drug-likeness (QED) is 0.735. The van der Waals surface area contributed by atoms with Crippen molar-refractivity contribution in [2.24, 2.45) is 5.92 Å². The summed E-state index contributed by atoms with van der Waals surface area (Å²) in [6, 6.07) is 0.341. The van der Waals surface area contributed by atoms with E-state index in [0.29, 0.717) is 17.7 Å². The molecule has 0 heterocycles. The SMILES string of the molecule is CCCS(=O)(=O)N(CC1CCCCC1)C1CC1. The molecule has 2 rings (SSSR count). The third kappa shape index (κ3) is 3.68. The van der Waals surface area contributed by atoms with Gasteiger partial charge in [-0.3, -0.25) is 0 Å². The normalized spacial score (nSPS) is 23.2. The Morgan fingerprint density at radius 3 is 2.24 bits per heavy atom. The molecule has 0 unspecified atom stereocenters. The minimum absolute atomic E-state index is 0.330. The van der Waals surface area contributed by atoms with Gasteiger partial charge in [-0.2, -0.15) is 4.31 Å². The molecule has 2 aliphatic carbocycles. The van der Waals surface area contributed by atoms with Crippen molar-refractivity contribution in [2.45, 2.75) is 64.3 Å². The van der Waals surface area contributed by atoms with Crippen molar-refractivity contribution in [1.29, 1.82) is 0 Å². The van der Waals surface area contributed by atoms with Crippen LogP contribution in [-0.4, -0.2) is 31.1 Å². The third-order valence-corrected chi connectivity index (χ3v) is 6.02. The molecule has 0 spiro atoms. The molecule has 17 heavy (non-hydrogen) atoms. The van der Waals surface area contributed by atoms with Crippen molar-refractivity contribution in [3.63, 3.8) is 0 Å². The standard InChI is InChI=1S/C13H25NO2S/c1-2-10-17(15,16)14(13-8-9-13)11-12-6-4-3-5-7-12/h12-13H,2-11H2,1H3. The van der Waals surface area contributed by atoms with Gasteiger partial charge in [0.2, 0.25) is 10.0 Å². The van der Waals surface area contributed by atoms with E-state index in [-0.39, 0.29) is 0 Å². The zero-order valence-corrected chi connectivity index (χ0v) is 11.7. The van der Waals surface area contributed by atoms with Crippen molar-refractivity contribution in [3.05, 3.63) is 0 Å². The van der Waals surface area contributed by atoms with E-state index in [1.807, 2.05) is 11.2 Å². The van der Waals surface area contributed by atoms with Crippen LogP contribution in [0, 0.1) is 5.92 Å². The highest BCUT2D eigenvalue weighted by Gasteiger charge is 2.37. The van der Waals surface area contributed by atoms with Crippen LogP contribution in [0.4, 0.5) is 0 Å². The first-order chi connectivity index (χ1) is 8.13. The highest BCUT2D eigenvalue weighted by atomic mass is 32.2. The second kappa shape index (κ2) is 5.70. The van der Waals surface area contributed by atoms with Crippen molar-refractivity contribution in [2.75, 3.05) is 12.3 Å². The monoisotopic (exact) mass is 259 g/mol. The maximum atomic E-state index is 12.2. The van der Waals surface area contributed by atoms with Gasteiger partial charge in [0, 0.05) is 12.6 Å². The third-order valence-electron chi connectivity index (χ3n) is 3.94. The molecule has 0 bridgehead atoms. The average molecular weight is 259 g/mol. The predicted molar refractivity (Wildman–Crippen MR) is 70.4 cm³/mol. The summed E-state index contributed by atoms with van der Waals surface area (Å²) in [5.74, 6) is 0.951. The molecule has 2 saturated carbocycles. The summed E-state index contributed by atoms with van der Waals surface area (Å²) in [6.07, 6.45) is 9.26. The Labute approximate surface area is 106 Å². The Kier molecular flexibility index (Phi) is 4.47. The summed E-state index contributed by atoms with van der Waals surface area (Å²) < 4.78 is 26.3. The molecule has 2 aliphatic rings. The van der Waals surface area contributed by atoms with Gasteiger partial charge in [-0.05, 0) is 38.0 Å². The van der Waals surface area contributed by atoms with E-state index in [9.17, 15) is 8.42 Å². The van der Waals surface area contributed by atoms with Crippen LogP contribution in [0.3, 0.4) is 0 Å². The molecule has 0 aromatic rings. The van der Waals surface area contributed by atoms with Gasteiger partial charge < -0.3 is 0 Å². The zero-order valence-electron chi connectivity index (χ0n) is 10.9. The van der Waals surface area contributed by atoms with Crippen molar-refractivity contribution < 1.29 is 8.42 Å². The maximum Gasteiger partial charge on any atom is 0.214 e. The Hall–Kier alpha value is -0.0900. The zero-order chi connectivity index (χ0) is 12.3. The molecular formula is C13H25NO2S. The summed E-state index contributed by atoms with van der Waals surface area (Å²) >= 11 is 0. The Morgan fingerprint density at radius 1 is 1.06 bits per heavy atom. The van der Waals surface area contributed by atoms with Gasteiger partial charge in [-0.1, -0.05) is 26.2 Å². The number of hydrogen-bond acceptors (Lipinski definition) is 2. The van der Waals surface area contributed by atoms with E-state index in [4.69, 9.17) is 0 Å². The van der Waals surface area contributed by atoms with Crippen LogP contribution >= 0.6 is 0 Å². The summed E-state index contributed by atoms with van der Waals surface area (Å²) in [5, 5.41) is 0. The number of hydrogen-bond donors (Lipinski definition) is 0. The fraction of sp³-hybridized carbons (Fsp3) is 1.00. The number of rotatable bonds is 6. The summed E-state index contributed by atoms with van der Waals surface area (Å²) in [6.45, 7) is 2.75. The smallest absolute Gasteiger partial charge is 0.212 e. The van der Waals surface area contributed by atoms with Crippen LogP contribution in [0.2, 0.25) is 0 Å². The molecule has 0 aromatic heterocycles. The summed E-state index contributed by atoms with van der Waals surface area (Å²) in [4.78, 5) is 0. The topological polar surface area (TPSA) is 37.4 Å². The molecule has 0 N–H and O–H groups in total. The average Bonchev–Trinajstić information content (AvgIpc) is 3.11. The van der Waals surface area contributed by atoms with Crippen LogP contribution in [-0.2, 0) is 10.0 Å². The molecule has 0 amide bonds. The largest absolute Gasteiger partial charge is 0.214 e. The van der Waals surface area contributed by atoms with Crippen LogP contribution in [0.1, 0.15) is 58.3 Å². The van der Waals surface area contributed by atoms with Crippen molar-refractivity contribution >= 4 is 10.0 Å². The van der Waals surface area contributed by atoms with E-state index in [0.717, 1.165) is 25.8 Å². The van der Waals surface area contributed by atoms with Crippen LogP contribution in [0.25, 0.3) is 0 Å². The lowest BCUT2D eigenvalue weighted by Crippen LogP contribution is -2.39. The molecule has 0 saturated heterocycles. The molecule has 0 aliphatic heterocycles.